The van der Waals surface area contributed by atoms with E-state index in [9.17, 15) is 9.90 Å². The van der Waals surface area contributed by atoms with Crippen LogP contribution in [-0.4, -0.2) is 16.2 Å². The zero-order valence-electron chi connectivity index (χ0n) is 8.71. The zero-order valence-corrected chi connectivity index (χ0v) is 8.71. The molecule has 2 N–H and O–H groups in total. The van der Waals surface area contributed by atoms with Crippen LogP contribution in [-0.2, 0) is 12.8 Å². The Hall–Kier alpha value is -1.51. The number of hydrogen-bond acceptors (Lipinski definition) is 2. The van der Waals surface area contributed by atoms with E-state index in [0.717, 1.165) is 42.4 Å². The van der Waals surface area contributed by atoms with Gasteiger partial charge in [0.05, 0.1) is 0 Å². The van der Waals surface area contributed by atoms with Gasteiger partial charge in [0.1, 0.15) is 11.3 Å². The maximum Gasteiger partial charge on any atom is 0.339 e. The Kier molecular flexibility index (Phi) is 2.39. The van der Waals surface area contributed by atoms with Gasteiger partial charge in [0.2, 0.25) is 0 Å². The van der Waals surface area contributed by atoms with Crippen LogP contribution in [0.4, 0.5) is 0 Å². The van der Waals surface area contributed by atoms with Crippen LogP contribution >= 0.6 is 0 Å². The minimum absolute atomic E-state index is 0.0966. The summed E-state index contributed by atoms with van der Waals surface area (Å²) >= 11 is 0. The van der Waals surface area contributed by atoms with Crippen LogP contribution in [0, 0.1) is 6.92 Å². The van der Waals surface area contributed by atoms with Gasteiger partial charge < -0.3 is 10.2 Å². The number of carboxylic acid groups (broad SMARTS) is 1. The second kappa shape index (κ2) is 3.57. The van der Waals surface area contributed by atoms with Crippen LogP contribution in [0.2, 0.25) is 0 Å². The molecule has 0 fully saturated rings. The molecule has 0 unspecified atom stereocenters. The van der Waals surface area contributed by atoms with Crippen molar-refractivity contribution >= 4 is 5.97 Å². The van der Waals surface area contributed by atoms with Crippen molar-refractivity contribution in [1.82, 2.24) is 0 Å². The van der Waals surface area contributed by atoms with Gasteiger partial charge in [-0.3, -0.25) is 0 Å². The Balaban J connectivity index is 2.68. The third-order valence-electron chi connectivity index (χ3n) is 3.07. The third kappa shape index (κ3) is 1.58. The molecule has 0 bridgehead atoms. The number of carboxylic acids is 1. The maximum absolute atomic E-state index is 11.0. The zero-order chi connectivity index (χ0) is 11.0. The molecule has 0 spiro atoms. The van der Waals surface area contributed by atoms with Crippen LogP contribution in [0.25, 0.3) is 0 Å². The molecular weight excluding hydrogens is 192 g/mol. The van der Waals surface area contributed by atoms with Crippen LogP contribution in [0.5, 0.6) is 5.75 Å². The molecule has 0 atom stereocenters. The van der Waals surface area contributed by atoms with E-state index in [1.54, 1.807) is 6.07 Å². The number of aryl methyl sites for hydroxylation is 1. The normalized spacial score (nSPS) is 14.7. The van der Waals surface area contributed by atoms with Crippen molar-refractivity contribution in [3.63, 3.8) is 0 Å². The molecule has 0 radical (unpaired) electrons. The van der Waals surface area contributed by atoms with Crippen molar-refractivity contribution in [2.45, 2.75) is 32.6 Å². The van der Waals surface area contributed by atoms with E-state index in [0.29, 0.717) is 0 Å². The lowest BCUT2D eigenvalue weighted by molar-refractivity contribution is 0.0692. The first-order valence-corrected chi connectivity index (χ1v) is 5.19. The maximum atomic E-state index is 11.0. The first-order chi connectivity index (χ1) is 7.11. The van der Waals surface area contributed by atoms with Gasteiger partial charge in [-0.15, -0.1) is 0 Å². The minimum atomic E-state index is -1.02. The Bertz CT molecular complexity index is 421. The van der Waals surface area contributed by atoms with Gasteiger partial charge in [-0.1, -0.05) is 0 Å². The summed E-state index contributed by atoms with van der Waals surface area (Å²) in [5.41, 5.74) is 3.07. The average Bonchev–Trinajstić information content (AvgIpc) is 2.17. The van der Waals surface area contributed by atoms with E-state index in [1.165, 1.54) is 0 Å². The predicted molar refractivity (Wildman–Crippen MR) is 56.4 cm³/mol. The fraction of sp³-hybridized carbons (Fsp3) is 0.417. The van der Waals surface area contributed by atoms with Crippen molar-refractivity contribution in [2.24, 2.45) is 0 Å². The Morgan fingerprint density at radius 3 is 2.47 bits per heavy atom. The highest BCUT2D eigenvalue weighted by Gasteiger charge is 2.22. The Labute approximate surface area is 88.4 Å². The van der Waals surface area contributed by atoms with Gasteiger partial charge in [-0.05, 0) is 55.4 Å². The van der Waals surface area contributed by atoms with E-state index in [-0.39, 0.29) is 11.3 Å². The molecule has 0 amide bonds. The summed E-state index contributed by atoms with van der Waals surface area (Å²) in [6, 6.07) is 1.56. The van der Waals surface area contributed by atoms with Crippen LogP contribution in [0.3, 0.4) is 0 Å². The van der Waals surface area contributed by atoms with Crippen LogP contribution < -0.4 is 0 Å². The summed E-state index contributed by atoms with van der Waals surface area (Å²) in [6.45, 7) is 1.93. The summed E-state index contributed by atoms with van der Waals surface area (Å²) in [5.74, 6) is -1.12. The van der Waals surface area contributed by atoms with E-state index >= 15 is 0 Å². The third-order valence-corrected chi connectivity index (χ3v) is 3.07. The lowest BCUT2D eigenvalue weighted by atomic mass is 9.85. The largest absolute Gasteiger partial charge is 0.507 e. The predicted octanol–water partition coefficient (Wildman–Crippen LogP) is 2.28. The number of aromatic hydroxyl groups is 1. The second-order valence-corrected chi connectivity index (χ2v) is 4.06. The SMILES string of the molecule is Cc1cc(O)c(C(=O)O)c2c1CCCC2. The highest BCUT2D eigenvalue weighted by atomic mass is 16.4. The molecule has 3 nitrogen and oxygen atoms in total. The Morgan fingerprint density at radius 1 is 1.27 bits per heavy atom. The number of rotatable bonds is 1. The smallest absolute Gasteiger partial charge is 0.339 e. The summed E-state index contributed by atoms with van der Waals surface area (Å²) < 4.78 is 0. The first-order valence-electron chi connectivity index (χ1n) is 5.19. The summed E-state index contributed by atoms with van der Waals surface area (Å²) in [6.07, 6.45) is 3.82. The molecule has 1 aliphatic carbocycles. The number of benzene rings is 1. The molecule has 0 aromatic heterocycles. The second-order valence-electron chi connectivity index (χ2n) is 4.06. The molecule has 80 valence electrons. The first kappa shape index (κ1) is 10.0. The van der Waals surface area contributed by atoms with Crippen molar-refractivity contribution in [2.75, 3.05) is 0 Å². The van der Waals surface area contributed by atoms with Gasteiger partial charge in [0.25, 0.3) is 0 Å². The molecular formula is C12H14O3. The molecule has 0 saturated carbocycles. The van der Waals surface area contributed by atoms with E-state index in [4.69, 9.17) is 5.11 Å². The summed E-state index contributed by atoms with van der Waals surface area (Å²) in [4.78, 5) is 11.0. The van der Waals surface area contributed by atoms with Crippen molar-refractivity contribution in [3.05, 3.63) is 28.3 Å². The van der Waals surface area contributed by atoms with Crippen molar-refractivity contribution in [1.29, 1.82) is 0 Å². The summed E-state index contributed by atoms with van der Waals surface area (Å²) in [7, 11) is 0. The lowest BCUT2D eigenvalue weighted by Crippen LogP contribution is -2.12. The molecule has 0 aliphatic heterocycles. The van der Waals surface area contributed by atoms with E-state index in [1.807, 2.05) is 6.92 Å². The topological polar surface area (TPSA) is 57.5 Å². The monoisotopic (exact) mass is 206 g/mol. The highest BCUT2D eigenvalue weighted by Crippen LogP contribution is 2.33. The average molecular weight is 206 g/mol. The summed E-state index contributed by atoms with van der Waals surface area (Å²) in [5, 5.41) is 18.7. The van der Waals surface area contributed by atoms with Gasteiger partial charge in [-0.2, -0.15) is 0 Å². The van der Waals surface area contributed by atoms with Gasteiger partial charge >= 0.3 is 5.97 Å². The van der Waals surface area contributed by atoms with Gasteiger partial charge in [0, 0.05) is 0 Å². The quantitative estimate of drug-likeness (QED) is 0.741. The van der Waals surface area contributed by atoms with Gasteiger partial charge in [0.15, 0.2) is 0 Å². The van der Waals surface area contributed by atoms with Gasteiger partial charge in [-0.25, -0.2) is 4.79 Å². The standard InChI is InChI=1S/C12H14O3/c1-7-6-10(13)11(12(14)15)9-5-3-2-4-8(7)9/h6,13H,2-5H2,1H3,(H,14,15). The molecule has 1 aliphatic rings. The number of aromatic carboxylic acids is 1. The number of hydrogen-bond donors (Lipinski definition) is 2. The highest BCUT2D eigenvalue weighted by molar-refractivity contribution is 5.93. The number of carbonyl (C=O) groups is 1. The van der Waals surface area contributed by atoms with Crippen LogP contribution in [0.1, 0.15) is 39.9 Å². The molecule has 3 heteroatoms. The van der Waals surface area contributed by atoms with Crippen molar-refractivity contribution < 1.29 is 15.0 Å². The molecule has 1 aromatic carbocycles. The molecule has 15 heavy (non-hydrogen) atoms. The fourth-order valence-corrected chi connectivity index (χ4v) is 2.37. The van der Waals surface area contributed by atoms with Crippen molar-refractivity contribution in [3.8, 4) is 5.75 Å². The van der Waals surface area contributed by atoms with E-state index in [2.05, 4.69) is 0 Å². The number of phenols is 1. The minimum Gasteiger partial charge on any atom is -0.507 e. The molecule has 2 rings (SSSR count). The molecule has 1 aromatic rings. The molecule has 0 saturated heterocycles. The Morgan fingerprint density at radius 2 is 1.87 bits per heavy atom. The fourth-order valence-electron chi connectivity index (χ4n) is 2.37. The molecule has 0 heterocycles. The van der Waals surface area contributed by atoms with Crippen LogP contribution in [0.15, 0.2) is 6.07 Å². The lowest BCUT2D eigenvalue weighted by Gasteiger charge is -2.20. The van der Waals surface area contributed by atoms with E-state index < -0.39 is 5.97 Å². The number of fused-ring (bicyclic) bond motifs is 1.